The molecule has 1 aromatic carbocycles. The van der Waals surface area contributed by atoms with E-state index in [9.17, 15) is 5.11 Å². The van der Waals surface area contributed by atoms with Crippen LogP contribution in [0.1, 0.15) is 31.7 Å². The maximum Gasteiger partial charge on any atom is 0.0524 e. The Morgan fingerprint density at radius 2 is 2.16 bits per heavy atom. The lowest BCUT2D eigenvalue weighted by Gasteiger charge is -2.33. The lowest BCUT2D eigenvalue weighted by molar-refractivity contribution is 0.164. The Labute approximate surface area is 116 Å². The van der Waals surface area contributed by atoms with E-state index in [2.05, 4.69) is 40.5 Å². The number of rotatable bonds is 6. The van der Waals surface area contributed by atoms with Gasteiger partial charge in [-0.05, 0) is 44.8 Å². The molecule has 2 N–H and O–H groups in total. The predicted molar refractivity (Wildman–Crippen MR) is 79.0 cm³/mol. The fourth-order valence-electron chi connectivity index (χ4n) is 2.70. The zero-order valence-corrected chi connectivity index (χ0v) is 11.9. The second kappa shape index (κ2) is 7.63. The highest BCUT2D eigenvalue weighted by atomic mass is 16.3. The zero-order chi connectivity index (χ0) is 13.5. The van der Waals surface area contributed by atoms with E-state index in [-0.39, 0.29) is 6.10 Å². The molecule has 3 nitrogen and oxygen atoms in total. The van der Waals surface area contributed by atoms with Gasteiger partial charge in [-0.15, -0.1) is 0 Å². The average molecular weight is 262 g/mol. The molecule has 0 radical (unpaired) electrons. The number of likely N-dealkylation sites (tertiary alicyclic amines) is 1. The van der Waals surface area contributed by atoms with E-state index >= 15 is 0 Å². The molecule has 1 aliphatic rings. The molecule has 3 heteroatoms. The molecule has 0 aliphatic carbocycles. The average Bonchev–Trinajstić information content (AvgIpc) is 2.40. The molecule has 2 unspecified atom stereocenters. The Morgan fingerprint density at radius 1 is 1.37 bits per heavy atom. The third-order valence-electron chi connectivity index (χ3n) is 3.75. The summed E-state index contributed by atoms with van der Waals surface area (Å²) in [6, 6.07) is 11.3. The number of nitrogens with zero attached hydrogens (tertiary/aromatic N) is 1. The maximum atomic E-state index is 9.28. The smallest absolute Gasteiger partial charge is 0.0524 e. The third-order valence-corrected chi connectivity index (χ3v) is 3.75. The number of piperidine rings is 1. The Morgan fingerprint density at radius 3 is 2.89 bits per heavy atom. The van der Waals surface area contributed by atoms with Crippen LogP contribution in [0.5, 0.6) is 0 Å². The van der Waals surface area contributed by atoms with Crippen LogP contribution in [0.4, 0.5) is 0 Å². The van der Waals surface area contributed by atoms with Gasteiger partial charge in [0.25, 0.3) is 0 Å². The van der Waals surface area contributed by atoms with Crippen LogP contribution in [-0.2, 0) is 6.54 Å². The van der Waals surface area contributed by atoms with Gasteiger partial charge in [-0.3, -0.25) is 4.90 Å². The first-order valence-corrected chi connectivity index (χ1v) is 7.42. The molecule has 2 atom stereocenters. The van der Waals surface area contributed by atoms with Crippen LogP contribution < -0.4 is 5.32 Å². The largest absolute Gasteiger partial charge is 0.393 e. The van der Waals surface area contributed by atoms with Crippen LogP contribution in [0, 0.1) is 0 Å². The molecule has 2 rings (SSSR count). The molecular weight excluding hydrogens is 236 g/mol. The van der Waals surface area contributed by atoms with Crippen molar-refractivity contribution in [3.8, 4) is 0 Å². The minimum Gasteiger partial charge on any atom is -0.393 e. The number of aliphatic hydroxyl groups excluding tert-OH is 1. The van der Waals surface area contributed by atoms with Gasteiger partial charge in [0.2, 0.25) is 0 Å². The SMILES string of the molecule is CC(O)CCNC1CCCN(Cc2ccccc2)C1. The Hall–Kier alpha value is -0.900. The molecule has 0 saturated carbocycles. The molecular formula is C16H26N2O. The van der Waals surface area contributed by atoms with Crippen LogP contribution >= 0.6 is 0 Å². The van der Waals surface area contributed by atoms with Crippen LogP contribution in [-0.4, -0.2) is 41.8 Å². The summed E-state index contributed by atoms with van der Waals surface area (Å²) in [5.41, 5.74) is 1.40. The molecule has 0 amide bonds. The van der Waals surface area contributed by atoms with E-state index in [1.54, 1.807) is 0 Å². The fourth-order valence-corrected chi connectivity index (χ4v) is 2.70. The van der Waals surface area contributed by atoms with Gasteiger partial charge in [0.15, 0.2) is 0 Å². The number of benzene rings is 1. The van der Waals surface area contributed by atoms with Crippen molar-refractivity contribution in [3.63, 3.8) is 0 Å². The standard InChI is InChI=1S/C16H26N2O/c1-14(19)9-10-17-16-8-5-11-18(13-16)12-15-6-3-2-4-7-15/h2-4,6-7,14,16-17,19H,5,8-13H2,1H3. The van der Waals surface area contributed by atoms with Crippen molar-refractivity contribution in [1.82, 2.24) is 10.2 Å². The molecule has 1 aliphatic heterocycles. The molecule has 1 aromatic rings. The first-order valence-electron chi connectivity index (χ1n) is 7.42. The maximum absolute atomic E-state index is 9.28. The highest BCUT2D eigenvalue weighted by Gasteiger charge is 2.19. The summed E-state index contributed by atoms with van der Waals surface area (Å²) in [5, 5.41) is 12.8. The van der Waals surface area contributed by atoms with Crippen molar-refractivity contribution in [2.45, 2.75) is 44.9 Å². The van der Waals surface area contributed by atoms with Crippen LogP contribution in [0.3, 0.4) is 0 Å². The van der Waals surface area contributed by atoms with Crippen molar-refractivity contribution in [1.29, 1.82) is 0 Å². The van der Waals surface area contributed by atoms with Gasteiger partial charge in [-0.1, -0.05) is 30.3 Å². The highest BCUT2D eigenvalue weighted by Crippen LogP contribution is 2.13. The third kappa shape index (κ3) is 5.31. The van der Waals surface area contributed by atoms with Crippen molar-refractivity contribution in [2.75, 3.05) is 19.6 Å². The predicted octanol–water partition coefficient (Wildman–Crippen LogP) is 2.01. The second-order valence-electron chi connectivity index (χ2n) is 5.65. The van der Waals surface area contributed by atoms with Crippen molar-refractivity contribution < 1.29 is 5.11 Å². The summed E-state index contributed by atoms with van der Waals surface area (Å²) in [6.45, 7) is 6.14. The minimum atomic E-state index is -0.198. The molecule has 1 saturated heterocycles. The van der Waals surface area contributed by atoms with Gasteiger partial charge in [0.05, 0.1) is 6.10 Å². The normalized spacial score (nSPS) is 22.3. The van der Waals surface area contributed by atoms with Gasteiger partial charge in [-0.2, -0.15) is 0 Å². The van der Waals surface area contributed by atoms with Crippen molar-refractivity contribution in [3.05, 3.63) is 35.9 Å². The summed E-state index contributed by atoms with van der Waals surface area (Å²) < 4.78 is 0. The summed E-state index contributed by atoms with van der Waals surface area (Å²) in [4.78, 5) is 2.53. The van der Waals surface area contributed by atoms with Crippen LogP contribution in [0.25, 0.3) is 0 Å². The van der Waals surface area contributed by atoms with E-state index in [1.807, 2.05) is 6.92 Å². The van der Waals surface area contributed by atoms with Crippen molar-refractivity contribution in [2.24, 2.45) is 0 Å². The van der Waals surface area contributed by atoms with Gasteiger partial charge in [-0.25, -0.2) is 0 Å². The quantitative estimate of drug-likeness (QED) is 0.823. The highest BCUT2D eigenvalue weighted by molar-refractivity contribution is 5.14. The number of aliphatic hydroxyl groups is 1. The van der Waals surface area contributed by atoms with Gasteiger partial charge in [0, 0.05) is 19.1 Å². The number of hydrogen-bond donors (Lipinski definition) is 2. The molecule has 0 bridgehead atoms. The number of hydrogen-bond acceptors (Lipinski definition) is 3. The number of nitrogens with one attached hydrogen (secondary N) is 1. The summed E-state index contributed by atoms with van der Waals surface area (Å²) in [7, 11) is 0. The molecule has 1 heterocycles. The first kappa shape index (κ1) is 14.5. The van der Waals surface area contributed by atoms with E-state index in [4.69, 9.17) is 0 Å². The fraction of sp³-hybridized carbons (Fsp3) is 0.625. The molecule has 1 fully saturated rings. The Bertz CT molecular complexity index is 353. The minimum absolute atomic E-state index is 0.198. The molecule has 0 spiro atoms. The van der Waals surface area contributed by atoms with Crippen LogP contribution in [0.15, 0.2) is 30.3 Å². The van der Waals surface area contributed by atoms with Crippen LogP contribution in [0.2, 0.25) is 0 Å². The Kier molecular flexibility index (Phi) is 5.83. The summed E-state index contributed by atoms with van der Waals surface area (Å²) in [6.07, 6.45) is 3.16. The van der Waals surface area contributed by atoms with Gasteiger partial charge in [0.1, 0.15) is 0 Å². The second-order valence-corrected chi connectivity index (χ2v) is 5.65. The summed E-state index contributed by atoms with van der Waals surface area (Å²) >= 11 is 0. The van der Waals surface area contributed by atoms with E-state index in [0.29, 0.717) is 6.04 Å². The molecule has 106 valence electrons. The van der Waals surface area contributed by atoms with Gasteiger partial charge >= 0.3 is 0 Å². The van der Waals surface area contributed by atoms with Gasteiger partial charge < -0.3 is 10.4 Å². The molecule has 0 aromatic heterocycles. The molecule has 19 heavy (non-hydrogen) atoms. The first-order chi connectivity index (χ1) is 9.24. The topological polar surface area (TPSA) is 35.5 Å². The zero-order valence-electron chi connectivity index (χ0n) is 11.9. The lowest BCUT2D eigenvalue weighted by Crippen LogP contribution is -2.45. The van der Waals surface area contributed by atoms with E-state index in [1.165, 1.54) is 24.9 Å². The lowest BCUT2D eigenvalue weighted by atomic mass is 10.0. The van der Waals surface area contributed by atoms with Crippen molar-refractivity contribution >= 4 is 0 Å². The van der Waals surface area contributed by atoms with E-state index in [0.717, 1.165) is 26.1 Å². The summed E-state index contributed by atoms with van der Waals surface area (Å²) in [5.74, 6) is 0. The Balaban J connectivity index is 1.74. The monoisotopic (exact) mass is 262 g/mol. The van der Waals surface area contributed by atoms with E-state index < -0.39 is 0 Å².